The molecule has 0 saturated heterocycles. The van der Waals surface area contributed by atoms with Crippen molar-refractivity contribution in [2.45, 2.75) is 19.9 Å². The predicted octanol–water partition coefficient (Wildman–Crippen LogP) is 1.46. The quantitative estimate of drug-likeness (QED) is 0.791. The van der Waals surface area contributed by atoms with Gasteiger partial charge in [-0.3, -0.25) is 9.67 Å². The van der Waals surface area contributed by atoms with Gasteiger partial charge in [0.25, 0.3) is 0 Å². The summed E-state index contributed by atoms with van der Waals surface area (Å²) in [4.78, 5) is 4.34. The van der Waals surface area contributed by atoms with E-state index >= 15 is 0 Å². The van der Waals surface area contributed by atoms with Gasteiger partial charge in [0.1, 0.15) is 0 Å². The van der Waals surface area contributed by atoms with Crippen LogP contribution in [0.4, 0.5) is 0 Å². The van der Waals surface area contributed by atoms with Crippen LogP contribution in [0, 0.1) is 6.92 Å². The first-order valence-electron chi connectivity index (χ1n) is 5.85. The minimum Gasteiger partial charge on any atom is -0.311 e. The molecule has 2 aromatic rings. The number of rotatable bonds is 5. The van der Waals surface area contributed by atoms with Gasteiger partial charge in [-0.15, -0.1) is 0 Å². The Morgan fingerprint density at radius 1 is 1.24 bits per heavy atom. The maximum absolute atomic E-state index is 4.34. The van der Waals surface area contributed by atoms with E-state index < -0.39 is 0 Å². The van der Waals surface area contributed by atoms with Gasteiger partial charge in [0, 0.05) is 39.0 Å². The maximum Gasteiger partial charge on any atom is 0.0637 e. The molecule has 90 valence electrons. The molecular formula is C13H18N4. The van der Waals surface area contributed by atoms with Gasteiger partial charge < -0.3 is 5.32 Å². The van der Waals surface area contributed by atoms with Crippen LogP contribution >= 0.6 is 0 Å². The number of aromatic nitrogens is 3. The lowest BCUT2D eigenvalue weighted by Crippen LogP contribution is -2.17. The Balaban J connectivity index is 1.71. The van der Waals surface area contributed by atoms with Crippen LogP contribution in [0.15, 0.2) is 30.6 Å². The van der Waals surface area contributed by atoms with Gasteiger partial charge in [-0.1, -0.05) is 6.07 Å². The lowest BCUT2D eigenvalue weighted by Gasteiger charge is -2.03. The van der Waals surface area contributed by atoms with E-state index in [0.29, 0.717) is 0 Å². The Morgan fingerprint density at radius 3 is 2.76 bits per heavy atom. The first kappa shape index (κ1) is 11.8. The standard InChI is InChI=1S/C13H18N4/c1-11-3-4-13(15-9-11)10-14-7-5-12-6-8-17(2)16-12/h3-4,6,8-9,14H,5,7,10H2,1-2H3. The smallest absolute Gasteiger partial charge is 0.0637 e. The number of nitrogens with zero attached hydrogens (tertiary/aromatic N) is 3. The lowest BCUT2D eigenvalue weighted by molar-refractivity contribution is 0.656. The third-order valence-corrected chi connectivity index (χ3v) is 2.61. The first-order chi connectivity index (χ1) is 8.24. The van der Waals surface area contributed by atoms with E-state index in [4.69, 9.17) is 0 Å². The minimum absolute atomic E-state index is 0.813. The molecule has 2 heterocycles. The zero-order valence-electron chi connectivity index (χ0n) is 10.3. The van der Waals surface area contributed by atoms with Crippen molar-refractivity contribution >= 4 is 0 Å². The van der Waals surface area contributed by atoms with Gasteiger partial charge >= 0.3 is 0 Å². The van der Waals surface area contributed by atoms with Crippen molar-refractivity contribution in [2.24, 2.45) is 7.05 Å². The van der Waals surface area contributed by atoms with Crippen molar-refractivity contribution in [3.63, 3.8) is 0 Å². The molecule has 0 radical (unpaired) electrons. The van der Waals surface area contributed by atoms with Gasteiger partial charge in [-0.25, -0.2) is 0 Å². The highest BCUT2D eigenvalue weighted by atomic mass is 15.2. The van der Waals surface area contributed by atoms with E-state index in [1.165, 1.54) is 5.56 Å². The summed E-state index contributed by atoms with van der Waals surface area (Å²) in [5.41, 5.74) is 3.40. The van der Waals surface area contributed by atoms with Crippen molar-refractivity contribution in [3.8, 4) is 0 Å². The molecule has 1 N–H and O–H groups in total. The van der Waals surface area contributed by atoms with Crippen LogP contribution in [0.1, 0.15) is 17.0 Å². The summed E-state index contributed by atoms with van der Waals surface area (Å²) in [5, 5.41) is 7.69. The zero-order chi connectivity index (χ0) is 12.1. The van der Waals surface area contributed by atoms with Crippen LogP contribution in [0.5, 0.6) is 0 Å². The summed E-state index contributed by atoms with van der Waals surface area (Å²) in [6.45, 7) is 3.78. The van der Waals surface area contributed by atoms with Gasteiger partial charge in [0.15, 0.2) is 0 Å². The molecule has 0 spiro atoms. The van der Waals surface area contributed by atoms with Crippen LogP contribution in [0.2, 0.25) is 0 Å². The van der Waals surface area contributed by atoms with E-state index in [0.717, 1.165) is 30.9 Å². The Morgan fingerprint density at radius 2 is 2.12 bits per heavy atom. The second-order valence-corrected chi connectivity index (χ2v) is 4.23. The summed E-state index contributed by atoms with van der Waals surface area (Å²) in [6, 6.07) is 6.19. The van der Waals surface area contributed by atoms with Crippen molar-refractivity contribution in [3.05, 3.63) is 47.5 Å². The minimum atomic E-state index is 0.813. The molecule has 4 nitrogen and oxygen atoms in total. The SMILES string of the molecule is Cc1ccc(CNCCc2ccn(C)n2)nc1. The zero-order valence-corrected chi connectivity index (χ0v) is 10.3. The summed E-state index contributed by atoms with van der Waals surface area (Å²) < 4.78 is 1.83. The van der Waals surface area contributed by atoms with Crippen LogP contribution in [-0.2, 0) is 20.0 Å². The van der Waals surface area contributed by atoms with Crippen molar-refractivity contribution in [1.82, 2.24) is 20.1 Å². The summed E-state index contributed by atoms with van der Waals surface area (Å²) >= 11 is 0. The molecule has 0 bridgehead atoms. The maximum atomic E-state index is 4.34. The van der Waals surface area contributed by atoms with E-state index in [2.05, 4.69) is 27.5 Å². The van der Waals surface area contributed by atoms with E-state index in [9.17, 15) is 0 Å². The van der Waals surface area contributed by atoms with Crippen LogP contribution < -0.4 is 5.32 Å². The normalized spacial score (nSPS) is 10.7. The molecule has 0 amide bonds. The fourth-order valence-corrected chi connectivity index (χ4v) is 1.63. The third-order valence-electron chi connectivity index (χ3n) is 2.61. The second-order valence-electron chi connectivity index (χ2n) is 4.23. The molecule has 0 aliphatic carbocycles. The molecule has 2 aromatic heterocycles. The highest BCUT2D eigenvalue weighted by Gasteiger charge is 1.97. The number of aryl methyl sites for hydroxylation is 2. The summed E-state index contributed by atoms with van der Waals surface area (Å²) in [5.74, 6) is 0. The molecule has 2 rings (SSSR count). The predicted molar refractivity (Wildman–Crippen MR) is 67.6 cm³/mol. The fourth-order valence-electron chi connectivity index (χ4n) is 1.63. The monoisotopic (exact) mass is 230 g/mol. The van der Waals surface area contributed by atoms with E-state index in [-0.39, 0.29) is 0 Å². The van der Waals surface area contributed by atoms with Gasteiger partial charge in [0.2, 0.25) is 0 Å². The summed E-state index contributed by atoms with van der Waals surface area (Å²) in [7, 11) is 1.94. The largest absolute Gasteiger partial charge is 0.311 e. The van der Waals surface area contributed by atoms with Crippen LogP contribution in [0.3, 0.4) is 0 Å². The number of nitrogens with one attached hydrogen (secondary N) is 1. The Kier molecular flexibility index (Phi) is 3.88. The van der Waals surface area contributed by atoms with E-state index in [1.807, 2.05) is 37.1 Å². The fraction of sp³-hybridized carbons (Fsp3) is 0.385. The van der Waals surface area contributed by atoms with Crippen molar-refractivity contribution in [1.29, 1.82) is 0 Å². The molecular weight excluding hydrogens is 212 g/mol. The average Bonchev–Trinajstić information content (AvgIpc) is 2.73. The number of pyridine rings is 1. The van der Waals surface area contributed by atoms with Crippen LogP contribution in [-0.4, -0.2) is 21.3 Å². The van der Waals surface area contributed by atoms with Crippen molar-refractivity contribution < 1.29 is 0 Å². The molecule has 17 heavy (non-hydrogen) atoms. The average molecular weight is 230 g/mol. The molecule has 0 aliphatic heterocycles. The Hall–Kier alpha value is -1.68. The Labute approximate surface area is 102 Å². The lowest BCUT2D eigenvalue weighted by atomic mass is 10.2. The molecule has 0 unspecified atom stereocenters. The topological polar surface area (TPSA) is 42.7 Å². The molecule has 0 aromatic carbocycles. The molecule has 0 saturated carbocycles. The highest BCUT2D eigenvalue weighted by molar-refractivity contribution is 5.12. The van der Waals surface area contributed by atoms with Crippen LogP contribution in [0.25, 0.3) is 0 Å². The van der Waals surface area contributed by atoms with Crippen molar-refractivity contribution in [2.75, 3.05) is 6.54 Å². The second kappa shape index (κ2) is 5.59. The van der Waals surface area contributed by atoms with Gasteiger partial charge in [-0.2, -0.15) is 5.10 Å². The molecule has 4 heteroatoms. The first-order valence-corrected chi connectivity index (χ1v) is 5.85. The summed E-state index contributed by atoms with van der Waals surface area (Å²) in [6.07, 6.45) is 4.82. The van der Waals surface area contributed by atoms with Gasteiger partial charge in [0.05, 0.1) is 11.4 Å². The number of hydrogen-bond donors (Lipinski definition) is 1. The molecule has 0 fully saturated rings. The molecule has 0 atom stereocenters. The highest BCUT2D eigenvalue weighted by Crippen LogP contribution is 1.98. The Bertz CT molecular complexity index is 459. The van der Waals surface area contributed by atoms with Gasteiger partial charge in [-0.05, 0) is 24.6 Å². The molecule has 0 aliphatic rings. The van der Waals surface area contributed by atoms with E-state index in [1.54, 1.807) is 0 Å². The number of hydrogen-bond acceptors (Lipinski definition) is 3. The third kappa shape index (κ3) is 3.67.